The van der Waals surface area contributed by atoms with Gasteiger partial charge in [0.05, 0.1) is 14.2 Å². The van der Waals surface area contributed by atoms with E-state index in [0.29, 0.717) is 11.5 Å². The molecule has 1 rings (SSSR count). The smallest absolute Gasteiger partial charge is 0.298 e. The lowest BCUT2D eigenvalue weighted by Crippen LogP contribution is -2.38. The van der Waals surface area contributed by atoms with Crippen molar-refractivity contribution in [1.29, 1.82) is 0 Å². The summed E-state index contributed by atoms with van der Waals surface area (Å²) in [5.41, 5.74) is 0.195. The van der Waals surface area contributed by atoms with E-state index in [4.69, 9.17) is 9.47 Å². The van der Waals surface area contributed by atoms with Crippen molar-refractivity contribution < 1.29 is 27.6 Å². The van der Waals surface area contributed by atoms with Crippen molar-refractivity contribution in [2.75, 3.05) is 14.2 Å². The zero-order valence-corrected chi connectivity index (χ0v) is 22.8. The topological polar surface area (TPSA) is 93.1 Å². The van der Waals surface area contributed by atoms with Crippen LogP contribution in [0.5, 0.6) is 17.2 Å². The molecule has 1 aromatic rings. The highest BCUT2D eigenvalue weighted by Crippen LogP contribution is 2.60. The fraction of sp³-hybridized carbons (Fsp3) is 0.760. The lowest BCUT2D eigenvalue weighted by molar-refractivity contribution is 0.0751. The number of phenolic OH excluding ortho intramolecular Hbond substituents is 1. The summed E-state index contributed by atoms with van der Waals surface area (Å²) in [5, 5.41) is 11.4. The van der Waals surface area contributed by atoms with Crippen LogP contribution in [0.25, 0.3) is 0 Å². The molecule has 0 fully saturated rings. The quantitative estimate of drug-likeness (QED) is 0.394. The van der Waals surface area contributed by atoms with E-state index in [-0.39, 0.29) is 45.0 Å². The number of ether oxygens (including phenoxy) is 2. The predicted molar refractivity (Wildman–Crippen MR) is 130 cm³/mol. The molecule has 0 amide bonds. The Labute approximate surface area is 195 Å². The number of rotatable bonds is 9. The second-order valence-electron chi connectivity index (χ2n) is 12.0. The number of benzene rings is 1. The largest absolute Gasteiger partial charge is 0.504 e. The summed E-state index contributed by atoms with van der Waals surface area (Å²) >= 11 is 0. The molecule has 32 heavy (non-hydrogen) atoms. The fourth-order valence-corrected chi connectivity index (χ4v) is 7.22. The van der Waals surface area contributed by atoms with Crippen LogP contribution in [0.4, 0.5) is 0 Å². The first-order chi connectivity index (χ1) is 14.2. The molecule has 0 aromatic heterocycles. The zero-order valence-electron chi connectivity index (χ0n) is 22.0. The standard InChI is InChI=1S/C25H44O6S/c1-15(2)13-24(7,8)22(25(9,10)14-23(4,5)6)17-18(26)20(31-12)21(32(27,28)29)16(3)19(17)30-11/h15,22,26H,13-14H2,1-12H3,(H,27,28,29). The van der Waals surface area contributed by atoms with Crippen molar-refractivity contribution in [3.63, 3.8) is 0 Å². The Kier molecular flexibility index (Phi) is 8.40. The normalized spacial score (nSPS) is 14.6. The van der Waals surface area contributed by atoms with Crippen molar-refractivity contribution in [3.05, 3.63) is 11.1 Å². The second-order valence-corrected chi connectivity index (χ2v) is 13.4. The van der Waals surface area contributed by atoms with Gasteiger partial charge in [0, 0.05) is 17.0 Å². The number of methoxy groups -OCH3 is 2. The van der Waals surface area contributed by atoms with Gasteiger partial charge < -0.3 is 14.6 Å². The Bertz CT molecular complexity index is 921. The molecular formula is C25H44O6S. The Morgan fingerprint density at radius 3 is 1.72 bits per heavy atom. The molecule has 7 heteroatoms. The molecular weight excluding hydrogens is 428 g/mol. The van der Waals surface area contributed by atoms with Crippen LogP contribution in [0.2, 0.25) is 0 Å². The molecule has 1 aromatic carbocycles. The van der Waals surface area contributed by atoms with Crippen LogP contribution in [0.3, 0.4) is 0 Å². The van der Waals surface area contributed by atoms with E-state index in [9.17, 15) is 18.1 Å². The summed E-state index contributed by atoms with van der Waals surface area (Å²) in [6.07, 6.45) is 1.74. The van der Waals surface area contributed by atoms with Gasteiger partial charge in [-0.3, -0.25) is 4.55 Å². The van der Waals surface area contributed by atoms with Crippen LogP contribution >= 0.6 is 0 Å². The summed E-state index contributed by atoms with van der Waals surface area (Å²) < 4.78 is 45.3. The molecule has 0 aliphatic rings. The first-order valence-corrected chi connectivity index (χ1v) is 12.6. The maximum atomic E-state index is 12.2. The summed E-state index contributed by atoms with van der Waals surface area (Å²) in [7, 11) is -1.92. The highest BCUT2D eigenvalue weighted by Gasteiger charge is 2.47. The van der Waals surface area contributed by atoms with Crippen molar-refractivity contribution in [3.8, 4) is 17.2 Å². The van der Waals surface area contributed by atoms with E-state index in [2.05, 4.69) is 62.3 Å². The van der Waals surface area contributed by atoms with E-state index in [1.807, 2.05) is 0 Å². The van der Waals surface area contributed by atoms with E-state index in [0.717, 1.165) is 12.8 Å². The third kappa shape index (κ3) is 6.10. The van der Waals surface area contributed by atoms with Crippen molar-refractivity contribution >= 4 is 10.1 Å². The summed E-state index contributed by atoms with van der Waals surface area (Å²) in [4.78, 5) is -0.466. The van der Waals surface area contributed by atoms with Crippen molar-refractivity contribution in [2.24, 2.45) is 22.2 Å². The number of phenols is 1. The number of hydrogen-bond donors (Lipinski definition) is 2. The Morgan fingerprint density at radius 1 is 0.906 bits per heavy atom. The van der Waals surface area contributed by atoms with Crippen molar-refractivity contribution in [1.82, 2.24) is 0 Å². The van der Waals surface area contributed by atoms with Crippen LogP contribution < -0.4 is 9.47 Å². The molecule has 6 nitrogen and oxygen atoms in total. The van der Waals surface area contributed by atoms with Gasteiger partial charge in [-0.1, -0.05) is 62.3 Å². The molecule has 0 saturated heterocycles. The van der Waals surface area contributed by atoms with Gasteiger partial charge in [0.15, 0.2) is 11.5 Å². The van der Waals surface area contributed by atoms with Gasteiger partial charge in [0.1, 0.15) is 10.6 Å². The molecule has 0 saturated carbocycles. The minimum absolute atomic E-state index is 0.0199. The minimum atomic E-state index is -4.66. The molecule has 0 radical (unpaired) electrons. The van der Waals surface area contributed by atoms with Gasteiger partial charge in [0.25, 0.3) is 10.1 Å². The monoisotopic (exact) mass is 472 g/mol. The van der Waals surface area contributed by atoms with Gasteiger partial charge >= 0.3 is 0 Å². The Balaban J connectivity index is 4.18. The molecule has 0 aliphatic carbocycles. The lowest BCUT2D eigenvalue weighted by atomic mass is 9.56. The lowest BCUT2D eigenvalue weighted by Gasteiger charge is -2.49. The molecule has 0 spiro atoms. The van der Waals surface area contributed by atoms with Crippen LogP contribution in [-0.4, -0.2) is 32.3 Å². The van der Waals surface area contributed by atoms with Crippen LogP contribution in [-0.2, 0) is 10.1 Å². The van der Waals surface area contributed by atoms with E-state index in [1.165, 1.54) is 14.2 Å². The molecule has 0 heterocycles. The predicted octanol–water partition coefficient (Wildman–Crippen LogP) is 6.58. The second kappa shape index (κ2) is 9.41. The Hall–Kier alpha value is -1.47. The molecule has 1 unspecified atom stereocenters. The van der Waals surface area contributed by atoms with Crippen LogP contribution in [0, 0.1) is 29.1 Å². The van der Waals surface area contributed by atoms with Crippen LogP contribution in [0.15, 0.2) is 4.90 Å². The summed E-state index contributed by atoms with van der Waals surface area (Å²) in [6.45, 7) is 21.2. The maximum Gasteiger partial charge on any atom is 0.298 e. The number of hydrogen-bond acceptors (Lipinski definition) is 5. The third-order valence-electron chi connectivity index (χ3n) is 6.04. The highest BCUT2D eigenvalue weighted by molar-refractivity contribution is 7.86. The molecule has 1 atom stereocenters. The molecule has 0 bridgehead atoms. The highest BCUT2D eigenvalue weighted by atomic mass is 32.2. The Morgan fingerprint density at radius 2 is 1.38 bits per heavy atom. The molecule has 2 N–H and O–H groups in total. The summed E-state index contributed by atoms with van der Waals surface area (Å²) in [5.74, 6) is -0.0791. The first kappa shape index (κ1) is 28.6. The zero-order chi connectivity index (χ0) is 25.4. The van der Waals surface area contributed by atoms with Crippen LogP contribution in [0.1, 0.15) is 92.2 Å². The van der Waals surface area contributed by atoms with Gasteiger partial charge in [-0.25, -0.2) is 0 Å². The third-order valence-corrected chi connectivity index (χ3v) is 7.05. The SMILES string of the molecule is COc1c(C)c(S(=O)(=O)O)c(OC)c(O)c1C(C(C)(C)CC(C)C)C(C)(C)CC(C)(C)C. The van der Waals surface area contributed by atoms with Gasteiger partial charge in [-0.2, -0.15) is 8.42 Å². The number of aromatic hydroxyl groups is 1. The van der Waals surface area contributed by atoms with E-state index in [1.54, 1.807) is 6.92 Å². The minimum Gasteiger partial charge on any atom is -0.504 e. The van der Waals surface area contributed by atoms with Gasteiger partial charge in [-0.05, 0) is 41.9 Å². The van der Waals surface area contributed by atoms with Gasteiger partial charge in [0.2, 0.25) is 0 Å². The molecule has 0 aliphatic heterocycles. The van der Waals surface area contributed by atoms with E-state index >= 15 is 0 Å². The average Bonchev–Trinajstić information content (AvgIpc) is 2.52. The van der Waals surface area contributed by atoms with Crippen molar-refractivity contribution in [2.45, 2.75) is 92.9 Å². The van der Waals surface area contributed by atoms with Gasteiger partial charge in [-0.15, -0.1) is 0 Å². The average molecular weight is 473 g/mol. The fourth-order valence-electron chi connectivity index (χ4n) is 6.32. The first-order valence-electron chi connectivity index (χ1n) is 11.2. The molecule has 186 valence electrons. The summed E-state index contributed by atoms with van der Waals surface area (Å²) in [6, 6.07) is 0. The van der Waals surface area contributed by atoms with E-state index < -0.39 is 15.0 Å². The maximum absolute atomic E-state index is 12.2.